The molecule has 0 spiro atoms. The summed E-state index contributed by atoms with van der Waals surface area (Å²) in [5.74, 6) is 0. The van der Waals surface area contributed by atoms with Crippen LogP contribution in [-0.4, -0.2) is 26.3 Å². The molecule has 0 bridgehead atoms. The third-order valence-electron chi connectivity index (χ3n) is 2.82. The second-order valence-corrected chi connectivity index (χ2v) is 4.24. The van der Waals surface area contributed by atoms with E-state index in [4.69, 9.17) is 4.74 Å². The number of hydrogen-bond donors (Lipinski definition) is 1. The Labute approximate surface area is 75.7 Å². The highest BCUT2D eigenvalue weighted by Crippen LogP contribution is 2.37. The highest BCUT2D eigenvalue weighted by molar-refractivity contribution is 4.88. The van der Waals surface area contributed by atoms with Gasteiger partial charge in [-0.3, -0.25) is 0 Å². The Bertz CT molecular complexity index is 138. The van der Waals surface area contributed by atoms with E-state index in [0.717, 1.165) is 19.2 Å². The van der Waals surface area contributed by atoms with Crippen LogP contribution in [-0.2, 0) is 4.74 Å². The Kier molecular flexibility index (Phi) is 3.53. The van der Waals surface area contributed by atoms with Gasteiger partial charge in [-0.2, -0.15) is 0 Å². The van der Waals surface area contributed by atoms with Gasteiger partial charge in [0.05, 0.1) is 6.61 Å². The normalized spacial score (nSPS) is 35.8. The number of nitrogens with one attached hydrogen (secondary N) is 1. The number of hydrogen-bond acceptors (Lipinski definition) is 2. The van der Waals surface area contributed by atoms with Gasteiger partial charge in [-0.15, -0.1) is 0 Å². The van der Waals surface area contributed by atoms with Crippen molar-refractivity contribution < 1.29 is 4.74 Å². The van der Waals surface area contributed by atoms with E-state index >= 15 is 0 Å². The van der Waals surface area contributed by atoms with Crippen molar-refractivity contribution in [2.24, 2.45) is 5.41 Å². The molecule has 0 saturated heterocycles. The van der Waals surface area contributed by atoms with Gasteiger partial charge >= 0.3 is 0 Å². The Morgan fingerprint density at radius 3 is 2.92 bits per heavy atom. The molecule has 1 aliphatic rings. The number of rotatable bonds is 4. The van der Waals surface area contributed by atoms with Crippen molar-refractivity contribution in [3.05, 3.63) is 0 Å². The zero-order chi connectivity index (χ0) is 9.03. The van der Waals surface area contributed by atoms with Crippen LogP contribution in [0, 0.1) is 5.41 Å². The van der Waals surface area contributed by atoms with Gasteiger partial charge in [0.2, 0.25) is 0 Å². The first-order chi connectivity index (χ1) is 5.70. The van der Waals surface area contributed by atoms with E-state index in [1.807, 2.05) is 0 Å². The summed E-state index contributed by atoms with van der Waals surface area (Å²) in [7, 11) is 1.80. The SMILES string of the molecule is CCNC1CCC(C)(COC)C1. The van der Waals surface area contributed by atoms with Crippen molar-refractivity contribution >= 4 is 0 Å². The van der Waals surface area contributed by atoms with Crippen molar-refractivity contribution in [3.8, 4) is 0 Å². The zero-order valence-corrected chi connectivity index (χ0v) is 8.52. The van der Waals surface area contributed by atoms with E-state index < -0.39 is 0 Å². The molecule has 0 heterocycles. The minimum Gasteiger partial charge on any atom is -0.384 e. The van der Waals surface area contributed by atoms with Gasteiger partial charge in [-0.1, -0.05) is 13.8 Å². The summed E-state index contributed by atoms with van der Waals surface area (Å²) in [4.78, 5) is 0. The fraction of sp³-hybridized carbons (Fsp3) is 1.00. The largest absolute Gasteiger partial charge is 0.384 e. The molecule has 1 N–H and O–H groups in total. The highest BCUT2D eigenvalue weighted by Gasteiger charge is 2.34. The Balaban J connectivity index is 2.32. The zero-order valence-electron chi connectivity index (χ0n) is 8.52. The van der Waals surface area contributed by atoms with Gasteiger partial charge in [-0.25, -0.2) is 0 Å². The fourth-order valence-corrected chi connectivity index (χ4v) is 2.26. The molecular formula is C10H21NO. The van der Waals surface area contributed by atoms with E-state index in [-0.39, 0.29) is 0 Å². The van der Waals surface area contributed by atoms with Crippen LogP contribution in [0.3, 0.4) is 0 Å². The molecule has 1 rings (SSSR count). The average molecular weight is 171 g/mol. The average Bonchev–Trinajstić information content (AvgIpc) is 2.34. The predicted octanol–water partition coefficient (Wildman–Crippen LogP) is 1.80. The van der Waals surface area contributed by atoms with Crippen LogP contribution in [0.5, 0.6) is 0 Å². The van der Waals surface area contributed by atoms with E-state index in [9.17, 15) is 0 Å². The summed E-state index contributed by atoms with van der Waals surface area (Å²) in [6.45, 7) is 6.50. The second kappa shape index (κ2) is 4.24. The quantitative estimate of drug-likeness (QED) is 0.696. The fourth-order valence-electron chi connectivity index (χ4n) is 2.26. The minimum atomic E-state index is 0.432. The summed E-state index contributed by atoms with van der Waals surface area (Å²) in [5.41, 5.74) is 0.432. The summed E-state index contributed by atoms with van der Waals surface area (Å²) >= 11 is 0. The van der Waals surface area contributed by atoms with E-state index in [1.54, 1.807) is 7.11 Å². The lowest BCUT2D eigenvalue weighted by Gasteiger charge is -2.22. The van der Waals surface area contributed by atoms with Crippen molar-refractivity contribution in [2.75, 3.05) is 20.3 Å². The lowest BCUT2D eigenvalue weighted by atomic mass is 9.90. The number of methoxy groups -OCH3 is 1. The Hall–Kier alpha value is -0.0800. The smallest absolute Gasteiger partial charge is 0.0516 e. The summed E-state index contributed by atoms with van der Waals surface area (Å²) in [6.07, 6.45) is 3.89. The van der Waals surface area contributed by atoms with Gasteiger partial charge in [0.1, 0.15) is 0 Å². The van der Waals surface area contributed by atoms with E-state index in [0.29, 0.717) is 5.41 Å². The van der Waals surface area contributed by atoms with Crippen molar-refractivity contribution in [2.45, 2.75) is 39.2 Å². The van der Waals surface area contributed by atoms with Gasteiger partial charge in [0.25, 0.3) is 0 Å². The molecule has 72 valence electrons. The maximum Gasteiger partial charge on any atom is 0.0516 e. The van der Waals surface area contributed by atoms with Crippen LogP contribution < -0.4 is 5.32 Å². The molecule has 2 atom stereocenters. The molecular weight excluding hydrogens is 150 g/mol. The van der Waals surface area contributed by atoms with Crippen LogP contribution >= 0.6 is 0 Å². The van der Waals surface area contributed by atoms with Crippen molar-refractivity contribution in [1.82, 2.24) is 5.32 Å². The molecule has 1 fully saturated rings. The van der Waals surface area contributed by atoms with Crippen LogP contribution in [0.25, 0.3) is 0 Å². The summed E-state index contributed by atoms with van der Waals surface area (Å²) in [6, 6.07) is 0.732. The van der Waals surface area contributed by atoms with Gasteiger partial charge in [-0.05, 0) is 31.2 Å². The maximum absolute atomic E-state index is 5.23. The third-order valence-corrected chi connectivity index (χ3v) is 2.82. The molecule has 2 heteroatoms. The van der Waals surface area contributed by atoms with Crippen LogP contribution in [0.4, 0.5) is 0 Å². The third kappa shape index (κ3) is 2.46. The molecule has 0 aliphatic heterocycles. The molecule has 0 aromatic heterocycles. The Morgan fingerprint density at radius 1 is 1.58 bits per heavy atom. The van der Waals surface area contributed by atoms with Gasteiger partial charge < -0.3 is 10.1 Å². The molecule has 0 aromatic rings. The first-order valence-corrected chi connectivity index (χ1v) is 4.92. The standard InChI is InChI=1S/C10H21NO/c1-4-11-9-5-6-10(2,7-9)8-12-3/h9,11H,4-8H2,1-3H3. The van der Waals surface area contributed by atoms with Gasteiger partial charge in [0.15, 0.2) is 0 Å². The Morgan fingerprint density at radius 2 is 2.33 bits per heavy atom. The summed E-state index contributed by atoms with van der Waals surface area (Å²) < 4.78 is 5.23. The lowest BCUT2D eigenvalue weighted by Crippen LogP contribution is -2.28. The summed E-state index contributed by atoms with van der Waals surface area (Å²) in [5, 5.41) is 3.50. The van der Waals surface area contributed by atoms with Gasteiger partial charge in [0, 0.05) is 13.2 Å². The molecule has 0 radical (unpaired) electrons. The van der Waals surface area contributed by atoms with E-state index in [2.05, 4.69) is 19.2 Å². The number of ether oxygens (including phenoxy) is 1. The van der Waals surface area contributed by atoms with Crippen molar-refractivity contribution in [3.63, 3.8) is 0 Å². The predicted molar refractivity (Wildman–Crippen MR) is 51.3 cm³/mol. The van der Waals surface area contributed by atoms with Crippen LogP contribution in [0.2, 0.25) is 0 Å². The molecule has 12 heavy (non-hydrogen) atoms. The van der Waals surface area contributed by atoms with E-state index in [1.165, 1.54) is 19.3 Å². The minimum absolute atomic E-state index is 0.432. The molecule has 1 saturated carbocycles. The first-order valence-electron chi connectivity index (χ1n) is 4.92. The molecule has 0 amide bonds. The van der Waals surface area contributed by atoms with Crippen LogP contribution in [0.15, 0.2) is 0 Å². The monoisotopic (exact) mass is 171 g/mol. The highest BCUT2D eigenvalue weighted by atomic mass is 16.5. The molecule has 2 nitrogen and oxygen atoms in total. The molecule has 0 aromatic carbocycles. The lowest BCUT2D eigenvalue weighted by molar-refractivity contribution is 0.0949. The second-order valence-electron chi connectivity index (χ2n) is 4.24. The maximum atomic E-state index is 5.23. The molecule has 2 unspecified atom stereocenters. The first kappa shape index (κ1) is 10.0. The molecule has 1 aliphatic carbocycles. The van der Waals surface area contributed by atoms with Crippen molar-refractivity contribution in [1.29, 1.82) is 0 Å². The van der Waals surface area contributed by atoms with Crippen LogP contribution in [0.1, 0.15) is 33.1 Å². The topological polar surface area (TPSA) is 21.3 Å².